The van der Waals surface area contributed by atoms with Crippen LogP contribution in [0.25, 0.3) is 0 Å². The maximum Gasteiger partial charge on any atom is 0.326 e. The highest BCUT2D eigenvalue weighted by Gasteiger charge is 2.19. The number of hydrogen-bond donors (Lipinski definition) is 2. The predicted octanol–water partition coefficient (Wildman–Crippen LogP) is 2.46. The lowest BCUT2D eigenvalue weighted by atomic mass is 10.1. The Morgan fingerprint density at radius 2 is 1.85 bits per heavy atom. The summed E-state index contributed by atoms with van der Waals surface area (Å²) < 4.78 is 5.48. The van der Waals surface area contributed by atoms with Crippen LogP contribution in [0.4, 0.5) is 0 Å². The van der Waals surface area contributed by atoms with E-state index in [9.17, 15) is 9.59 Å². The molecule has 0 bridgehead atoms. The first-order valence-electron chi connectivity index (χ1n) is 6.74. The minimum Gasteiger partial charge on any atom is -0.491 e. The number of aliphatic carboxylic acids is 1. The highest BCUT2D eigenvalue weighted by molar-refractivity contribution is 5.96. The van der Waals surface area contributed by atoms with Gasteiger partial charge >= 0.3 is 5.97 Å². The van der Waals surface area contributed by atoms with Gasteiger partial charge in [-0.05, 0) is 44.5 Å². The molecule has 0 spiro atoms. The molecule has 0 aromatic heterocycles. The summed E-state index contributed by atoms with van der Waals surface area (Å²) in [7, 11) is 0. The Morgan fingerprint density at radius 1 is 1.25 bits per heavy atom. The van der Waals surface area contributed by atoms with Gasteiger partial charge in [0.05, 0.1) is 6.10 Å². The summed E-state index contributed by atoms with van der Waals surface area (Å²) in [6.07, 6.45) is 1.17. The molecule has 0 fully saturated rings. The zero-order chi connectivity index (χ0) is 15.1. The largest absolute Gasteiger partial charge is 0.491 e. The maximum atomic E-state index is 12.0. The highest BCUT2D eigenvalue weighted by atomic mass is 16.5. The van der Waals surface area contributed by atoms with Gasteiger partial charge in [-0.25, -0.2) is 4.79 Å². The molecule has 0 saturated heterocycles. The molecule has 0 aliphatic heterocycles. The van der Waals surface area contributed by atoms with E-state index in [0.717, 1.165) is 0 Å². The number of carboxylic acids is 1. The molecule has 5 heteroatoms. The van der Waals surface area contributed by atoms with Crippen molar-refractivity contribution in [3.8, 4) is 5.75 Å². The average Bonchev–Trinajstić information content (AvgIpc) is 2.38. The third kappa shape index (κ3) is 4.91. The van der Waals surface area contributed by atoms with Gasteiger partial charge < -0.3 is 15.2 Å². The Bertz CT molecular complexity index is 453. The molecule has 20 heavy (non-hydrogen) atoms. The quantitative estimate of drug-likeness (QED) is 0.804. The van der Waals surface area contributed by atoms with Crippen LogP contribution in [0, 0.1) is 0 Å². The van der Waals surface area contributed by atoms with E-state index in [1.807, 2.05) is 20.8 Å². The molecule has 1 amide bonds. The second kappa shape index (κ2) is 7.53. The molecule has 0 unspecified atom stereocenters. The molecule has 1 aromatic carbocycles. The summed E-state index contributed by atoms with van der Waals surface area (Å²) in [5.74, 6) is -0.721. The van der Waals surface area contributed by atoms with E-state index in [-0.39, 0.29) is 12.0 Å². The topological polar surface area (TPSA) is 75.6 Å². The highest BCUT2D eigenvalue weighted by Crippen LogP contribution is 2.14. The molecular weight excluding hydrogens is 258 g/mol. The molecule has 1 atom stereocenters. The molecule has 0 heterocycles. The number of ether oxygens (including phenoxy) is 1. The smallest absolute Gasteiger partial charge is 0.326 e. The van der Waals surface area contributed by atoms with Crippen molar-refractivity contribution in [2.75, 3.05) is 0 Å². The van der Waals surface area contributed by atoms with Crippen LogP contribution in [0.2, 0.25) is 0 Å². The normalized spacial score (nSPS) is 12.0. The van der Waals surface area contributed by atoms with Crippen molar-refractivity contribution < 1.29 is 19.4 Å². The van der Waals surface area contributed by atoms with Gasteiger partial charge in [-0.2, -0.15) is 0 Å². The van der Waals surface area contributed by atoms with Gasteiger partial charge in [-0.1, -0.05) is 13.3 Å². The fraction of sp³-hybridized carbons (Fsp3) is 0.467. The average molecular weight is 279 g/mol. The summed E-state index contributed by atoms with van der Waals surface area (Å²) in [6, 6.07) is 5.80. The molecule has 5 nitrogen and oxygen atoms in total. The minimum atomic E-state index is -1.01. The summed E-state index contributed by atoms with van der Waals surface area (Å²) in [6.45, 7) is 5.71. The molecule has 1 rings (SSSR count). The van der Waals surface area contributed by atoms with E-state index in [1.54, 1.807) is 24.3 Å². The lowest BCUT2D eigenvalue weighted by Crippen LogP contribution is -2.40. The van der Waals surface area contributed by atoms with Crippen LogP contribution in [0.1, 0.15) is 44.0 Å². The lowest BCUT2D eigenvalue weighted by molar-refractivity contribution is -0.139. The first kappa shape index (κ1) is 16.0. The molecule has 0 aliphatic carbocycles. The molecule has 2 N–H and O–H groups in total. The Balaban J connectivity index is 2.69. The minimum absolute atomic E-state index is 0.0654. The number of rotatable bonds is 7. The van der Waals surface area contributed by atoms with Crippen molar-refractivity contribution in [2.45, 2.75) is 45.8 Å². The summed E-state index contributed by atoms with van der Waals surface area (Å²) in [5, 5.41) is 11.5. The summed E-state index contributed by atoms with van der Waals surface area (Å²) >= 11 is 0. The number of amides is 1. The van der Waals surface area contributed by atoms with Gasteiger partial charge in [0.15, 0.2) is 0 Å². The van der Waals surface area contributed by atoms with Crippen molar-refractivity contribution in [2.24, 2.45) is 0 Å². The third-order valence-corrected chi connectivity index (χ3v) is 2.67. The van der Waals surface area contributed by atoms with Crippen LogP contribution in [-0.2, 0) is 4.79 Å². The number of carboxylic acid groups (broad SMARTS) is 1. The van der Waals surface area contributed by atoms with Crippen molar-refractivity contribution in [1.29, 1.82) is 0 Å². The van der Waals surface area contributed by atoms with Gasteiger partial charge in [0.2, 0.25) is 0 Å². The Labute approximate surface area is 118 Å². The summed E-state index contributed by atoms with van der Waals surface area (Å²) in [4.78, 5) is 22.9. The molecule has 0 saturated carbocycles. The second-order valence-electron chi connectivity index (χ2n) is 4.84. The van der Waals surface area contributed by atoms with Crippen molar-refractivity contribution in [3.05, 3.63) is 29.8 Å². The molecule has 1 aromatic rings. The van der Waals surface area contributed by atoms with Gasteiger partial charge in [-0.3, -0.25) is 4.79 Å². The fourth-order valence-corrected chi connectivity index (χ4v) is 1.74. The van der Waals surface area contributed by atoms with Gasteiger partial charge in [0.25, 0.3) is 5.91 Å². The Kier molecular flexibility index (Phi) is 6.03. The standard InChI is InChI=1S/C15H21NO4/c1-4-5-13(15(18)19)16-14(17)11-6-8-12(9-7-11)20-10(2)3/h6-10,13H,4-5H2,1-3H3,(H,16,17)(H,18,19)/t13-/m1/s1. The van der Waals surface area contributed by atoms with Crippen LogP contribution in [-0.4, -0.2) is 29.1 Å². The first-order chi connectivity index (χ1) is 9.43. The number of hydrogen-bond acceptors (Lipinski definition) is 3. The van der Waals surface area contributed by atoms with Gasteiger partial charge in [-0.15, -0.1) is 0 Å². The van der Waals surface area contributed by atoms with Crippen molar-refractivity contribution in [1.82, 2.24) is 5.32 Å². The van der Waals surface area contributed by atoms with Crippen LogP contribution in [0.5, 0.6) is 5.75 Å². The Morgan fingerprint density at radius 3 is 2.30 bits per heavy atom. The van der Waals surface area contributed by atoms with E-state index < -0.39 is 12.0 Å². The van der Waals surface area contributed by atoms with E-state index in [2.05, 4.69) is 5.32 Å². The van der Waals surface area contributed by atoms with E-state index in [4.69, 9.17) is 9.84 Å². The molecular formula is C15H21NO4. The second-order valence-corrected chi connectivity index (χ2v) is 4.84. The van der Waals surface area contributed by atoms with Crippen LogP contribution in [0.3, 0.4) is 0 Å². The number of benzene rings is 1. The van der Waals surface area contributed by atoms with Crippen molar-refractivity contribution >= 4 is 11.9 Å². The zero-order valence-corrected chi connectivity index (χ0v) is 12.1. The SMILES string of the molecule is CCC[C@@H](NC(=O)c1ccc(OC(C)C)cc1)C(=O)O. The predicted molar refractivity (Wildman–Crippen MR) is 76.0 cm³/mol. The molecule has 110 valence electrons. The van der Waals surface area contributed by atoms with E-state index in [0.29, 0.717) is 24.2 Å². The van der Waals surface area contributed by atoms with Gasteiger partial charge in [0, 0.05) is 5.56 Å². The number of nitrogens with one attached hydrogen (secondary N) is 1. The Hall–Kier alpha value is -2.04. The number of carbonyl (C=O) groups is 2. The van der Waals surface area contributed by atoms with Crippen LogP contribution in [0.15, 0.2) is 24.3 Å². The number of carbonyl (C=O) groups excluding carboxylic acids is 1. The zero-order valence-electron chi connectivity index (χ0n) is 12.1. The fourth-order valence-electron chi connectivity index (χ4n) is 1.74. The molecule has 0 aliphatic rings. The molecule has 0 radical (unpaired) electrons. The first-order valence-corrected chi connectivity index (χ1v) is 6.74. The van der Waals surface area contributed by atoms with Crippen LogP contribution >= 0.6 is 0 Å². The third-order valence-electron chi connectivity index (χ3n) is 2.67. The van der Waals surface area contributed by atoms with Gasteiger partial charge in [0.1, 0.15) is 11.8 Å². The monoisotopic (exact) mass is 279 g/mol. The van der Waals surface area contributed by atoms with E-state index in [1.165, 1.54) is 0 Å². The van der Waals surface area contributed by atoms with Crippen LogP contribution < -0.4 is 10.1 Å². The van der Waals surface area contributed by atoms with E-state index >= 15 is 0 Å². The van der Waals surface area contributed by atoms with Crippen molar-refractivity contribution in [3.63, 3.8) is 0 Å². The maximum absolute atomic E-state index is 12.0. The lowest BCUT2D eigenvalue weighted by Gasteiger charge is -2.14. The summed E-state index contributed by atoms with van der Waals surface area (Å²) in [5.41, 5.74) is 0.420.